The van der Waals surface area contributed by atoms with E-state index in [0.29, 0.717) is 0 Å². The quantitative estimate of drug-likeness (QED) is 0.609. The fourth-order valence-electron chi connectivity index (χ4n) is 3.43. The highest BCUT2D eigenvalue weighted by atomic mass is 16.1. The molecule has 1 heterocycles. The van der Waals surface area contributed by atoms with Crippen LogP contribution in [0, 0.1) is 0 Å². The van der Waals surface area contributed by atoms with Crippen LogP contribution in [0.5, 0.6) is 0 Å². The summed E-state index contributed by atoms with van der Waals surface area (Å²) in [5, 5.41) is 2.86. The van der Waals surface area contributed by atoms with Gasteiger partial charge >= 0.3 is 0 Å². The smallest absolute Gasteiger partial charge is 0.216 e. The van der Waals surface area contributed by atoms with Gasteiger partial charge < -0.3 is 9.88 Å². The van der Waals surface area contributed by atoms with Crippen LogP contribution in [-0.2, 0) is 11.2 Å². The first-order valence-electron chi connectivity index (χ1n) is 9.42. The van der Waals surface area contributed by atoms with Crippen LogP contribution in [0.1, 0.15) is 50.5 Å². The second-order valence-electron chi connectivity index (χ2n) is 6.77. The van der Waals surface area contributed by atoms with E-state index in [4.69, 9.17) is 4.98 Å². The number of imidazole rings is 1. The van der Waals surface area contributed by atoms with E-state index in [0.717, 1.165) is 43.6 Å². The summed E-state index contributed by atoms with van der Waals surface area (Å²) in [5.41, 5.74) is 3.54. The molecule has 0 aliphatic carbocycles. The van der Waals surface area contributed by atoms with Crippen LogP contribution in [0.3, 0.4) is 0 Å². The maximum atomic E-state index is 10.9. The minimum absolute atomic E-state index is 0.0449. The van der Waals surface area contributed by atoms with Crippen molar-refractivity contribution in [2.75, 3.05) is 6.54 Å². The van der Waals surface area contributed by atoms with Crippen LogP contribution in [0.25, 0.3) is 11.0 Å². The minimum atomic E-state index is 0.0449. The van der Waals surface area contributed by atoms with Crippen LogP contribution in [0.4, 0.5) is 0 Å². The van der Waals surface area contributed by atoms with E-state index in [-0.39, 0.29) is 11.9 Å². The van der Waals surface area contributed by atoms with Crippen LogP contribution >= 0.6 is 0 Å². The van der Waals surface area contributed by atoms with E-state index in [1.165, 1.54) is 11.1 Å². The molecule has 1 amide bonds. The van der Waals surface area contributed by atoms with Gasteiger partial charge in [0.25, 0.3) is 0 Å². The number of rotatable bonds is 8. The molecular formula is C22H27N3O. The van der Waals surface area contributed by atoms with Gasteiger partial charge in [0.15, 0.2) is 0 Å². The molecule has 4 heteroatoms. The molecule has 4 nitrogen and oxygen atoms in total. The van der Waals surface area contributed by atoms with Crippen molar-refractivity contribution in [3.05, 3.63) is 66.0 Å². The third-order valence-corrected chi connectivity index (χ3v) is 4.79. The van der Waals surface area contributed by atoms with Gasteiger partial charge in [-0.3, -0.25) is 4.79 Å². The Labute approximate surface area is 155 Å². The number of amides is 1. The minimum Gasteiger partial charge on any atom is -0.356 e. The normalized spacial score (nSPS) is 12.2. The first kappa shape index (κ1) is 18.2. The van der Waals surface area contributed by atoms with Crippen LogP contribution in [-0.4, -0.2) is 22.0 Å². The Morgan fingerprint density at radius 2 is 1.77 bits per heavy atom. The summed E-state index contributed by atoms with van der Waals surface area (Å²) in [6, 6.07) is 19.2. The molecule has 1 unspecified atom stereocenters. The van der Waals surface area contributed by atoms with E-state index in [9.17, 15) is 4.79 Å². The summed E-state index contributed by atoms with van der Waals surface area (Å²) in [6.07, 6.45) is 4.12. The Bertz CT molecular complexity index is 854. The fourth-order valence-corrected chi connectivity index (χ4v) is 3.43. The van der Waals surface area contributed by atoms with Gasteiger partial charge in [0, 0.05) is 19.9 Å². The Balaban J connectivity index is 1.76. The van der Waals surface area contributed by atoms with E-state index in [1.54, 1.807) is 6.92 Å². The van der Waals surface area contributed by atoms with Gasteiger partial charge in [-0.1, -0.05) is 48.9 Å². The maximum absolute atomic E-state index is 10.9. The number of carbonyl (C=O) groups is 1. The number of nitrogens with zero attached hydrogens (tertiary/aromatic N) is 2. The van der Waals surface area contributed by atoms with Gasteiger partial charge in [-0.05, 0) is 37.5 Å². The lowest BCUT2D eigenvalue weighted by Crippen LogP contribution is -2.20. The average molecular weight is 349 g/mol. The molecule has 1 aromatic heterocycles. The highest BCUT2D eigenvalue weighted by molar-refractivity contribution is 5.76. The van der Waals surface area contributed by atoms with Gasteiger partial charge in [-0.25, -0.2) is 4.98 Å². The molecule has 0 saturated heterocycles. The Kier molecular flexibility index (Phi) is 6.05. The first-order valence-corrected chi connectivity index (χ1v) is 9.42. The molecule has 2 aromatic carbocycles. The summed E-state index contributed by atoms with van der Waals surface area (Å²) in [6.45, 7) is 4.56. The zero-order valence-corrected chi connectivity index (χ0v) is 15.6. The standard InChI is InChI=1S/C22H27N3O/c1-17(19-11-5-3-6-12-19)25-21-14-9-8-13-20(21)24-22(25)15-7-4-10-16-23-18(2)26/h3,5-6,8-9,11-14,17H,4,7,10,15-16H2,1-2H3,(H,23,26). The van der Waals surface area contributed by atoms with Gasteiger partial charge in [0.2, 0.25) is 5.91 Å². The molecule has 0 saturated carbocycles. The molecule has 0 radical (unpaired) electrons. The number of aryl methyl sites for hydroxylation is 1. The monoisotopic (exact) mass is 349 g/mol. The van der Waals surface area contributed by atoms with Crippen LogP contribution in [0.2, 0.25) is 0 Å². The van der Waals surface area contributed by atoms with Gasteiger partial charge in [-0.15, -0.1) is 0 Å². The molecule has 0 spiro atoms. The SMILES string of the molecule is CC(=O)NCCCCCc1nc2ccccc2n1C(C)c1ccccc1. The second-order valence-corrected chi connectivity index (χ2v) is 6.77. The lowest BCUT2D eigenvalue weighted by molar-refractivity contribution is -0.118. The largest absolute Gasteiger partial charge is 0.356 e. The number of unbranched alkanes of at least 4 members (excludes halogenated alkanes) is 2. The van der Waals surface area contributed by atoms with E-state index in [2.05, 4.69) is 65.3 Å². The number of aromatic nitrogens is 2. The number of para-hydroxylation sites is 2. The van der Waals surface area contributed by atoms with Crippen molar-refractivity contribution in [1.29, 1.82) is 0 Å². The van der Waals surface area contributed by atoms with Crippen LogP contribution < -0.4 is 5.32 Å². The lowest BCUT2D eigenvalue weighted by atomic mass is 10.1. The third kappa shape index (κ3) is 4.31. The van der Waals surface area contributed by atoms with Crippen molar-refractivity contribution in [3.8, 4) is 0 Å². The van der Waals surface area contributed by atoms with Crippen molar-refractivity contribution < 1.29 is 4.79 Å². The first-order chi connectivity index (χ1) is 12.7. The average Bonchev–Trinajstić information content (AvgIpc) is 3.02. The number of hydrogen-bond acceptors (Lipinski definition) is 2. The lowest BCUT2D eigenvalue weighted by Gasteiger charge is -2.18. The topological polar surface area (TPSA) is 46.9 Å². The van der Waals surface area contributed by atoms with Crippen LogP contribution in [0.15, 0.2) is 54.6 Å². The maximum Gasteiger partial charge on any atom is 0.216 e. The number of hydrogen-bond donors (Lipinski definition) is 1. The fraction of sp³-hybridized carbons (Fsp3) is 0.364. The molecule has 3 aromatic rings. The Morgan fingerprint density at radius 3 is 2.54 bits per heavy atom. The summed E-state index contributed by atoms with van der Waals surface area (Å²) in [4.78, 5) is 15.8. The van der Waals surface area contributed by atoms with E-state index in [1.807, 2.05) is 6.07 Å². The molecule has 0 fully saturated rings. The van der Waals surface area contributed by atoms with Crippen molar-refractivity contribution in [2.24, 2.45) is 0 Å². The Morgan fingerprint density at radius 1 is 1.04 bits per heavy atom. The molecule has 0 bridgehead atoms. The van der Waals surface area contributed by atoms with Gasteiger partial charge in [0.05, 0.1) is 17.1 Å². The summed E-state index contributed by atoms with van der Waals surface area (Å²) in [5.74, 6) is 1.19. The molecule has 26 heavy (non-hydrogen) atoms. The molecule has 1 atom stereocenters. The molecule has 3 rings (SSSR count). The predicted molar refractivity (Wildman–Crippen MR) is 106 cm³/mol. The Hall–Kier alpha value is -2.62. The highest BCUT2D eigenvalue weighted by Crippen LogP contribution is 2.26. The second kappa shape index (κ2) is 8.65. The molecule has 0 aliphatic heterocycles. The summed E-state index contributed by atoms with van der Waals surface area (Å²) in [7, 11) is 0. The van der Waals surface area contributed by atoms with Gasteiger partial charge in [-0.2, -0.15) is 0 Å². The predicted octanol–water partition coefficient (Wildman–Crippen LogP) is 4.49. The number of nitrogens with one attached hydrogen (secondary N) is 1. The summed E-state index contributed by atoms with van der Waals surface area (Å²) < 4.78 is 2.37. The summed E-state index contributed by atoms with van der Waals surface area (Å²) >= 11 is 0. The molecule has 136 valence electrons. The number of carbonyl (C=O) groups excluding carboxylic acids is 1. The third-order valence-electron chi connectivity index (χ3n) is 4.79. The van der Waals surface area contributed by atoms with Gasteiger partial charge in [0.1, 0.15) is 5.82 Å². The van der Waals surface area contributed by atoms with Crippen molar-refractivity contribution >= 4 is 16.9 Å². The molecule has 0 aliphatic rings. The molecular weight excluding hydrogens is 322 g/mol. The highest BCUT2D eigenvalue weighted by Gasteiger charge is 2.16. The van der Waals surface area contributed by atoms with E-state index < -0.39 is 0 Å². The zero-order valence-electron chi connectivity index (χ0n) is 15.6. The van der Waals surface area contributed by atoms with Crippen molar-refractivity contribution in [1.82, 2.24) is 14.9 Å². The number of fused-ring (bicyclic) bond motifs is 1. The van der Waals surface area contributed by atoms with E-state index >= 15 is 0 Å². The van der Waals surface area contributed by atoms with Crippen molar-refractivity contribution in [2.45, 2.75) is 45.6 Å². The van der Waals surface area contributed by atoms with Crippen molar-refractivity contribution in [3.63, 3.8) is 0 Å². The number of benzene rings is 2. The zero-order chi connectivity index (χ0) is 18.4. The molecule has 1 N–H and O–H groups in total.